The third-order valence-corrected chi connectivity index (χ3v) is 11.6. The first kappa shape index (κ1) is 59.4. The standard InChI is InChI=1S/C56H100O6/c1-4-7-10-13-16-19-22-25-27-28-29-30-32-34-37-40-43-46-49-55(58)61-52-53(51-60-54(57)48-45-42-39-36-33-24-21-18-15-12-9-6-3)62-56(59)50-47-44-41-38-35-31-26-23-20-17-14-11-8-5-2/h22,25,27-31,35,53H,4-21,23-24,26,32-34,36-52H2,1-3H3/b25-22-,28-27-,30-29-,35-31-. The molecule has 0 radical (unpaired) electrons. The summed E-state index contributed by atoms with van der Waals surface area (Å²) in [4.78, 5) is 38.0. The van der Waals surface area contributed by atoms with Gasteiger partial charge in [-0.15, -0.1) is 0 Å². The van der Waals surface area contributed by atoms with Gasteiger partial charge in [0.25, 0.3) is 0 Å². The average molecular weight is 869 g/mol. The van der Waals surface area contributed by atoms with Crippen molar-refractivity contribution in [1.82, 2.24) is 0 Å². The van der Waals surface area contributed by atoms with Crippen LogP contribution in [0.15, 0.2) is 48.6 Å². The predicted octanol–water partition coefficient (Wildman–Crippen LogP) is 17.5. The van der Waals surface area contributed by atoms with Gasteiger partial charge in [-0.2, -0.15) is 0 Å². The Bertz CT molecular complexity index is 1090. The monoisotopic (exact) mass is 869 g/mol. The van der Waals surface area contributed by atoms with E-state index < -0.39 is 6.10 Å². The first-order chi connectivity index (χ1) is 30.5. The van der Waals surface area contributed by atoms with Gasteiger partial charge in [-0.25, -0.2) is 0 Å². The maximum absolute atomic E-state index is 12.8. The van der Waals surface area contributed by atoms with E-state index in [0.717, 1.165) is 89.9 Å². The maximum Gasteiger partial charge on any atom is 0.306 e. The molecular weight excluding hydrogens is 769 g/mol. The quantitative estimate of drug-likeness (QED) is 0.0199. The van der Waals surface area contributed by atoms with E-state index in [9.17, 15) is 14.4 Å². The van der Waals surface area contributed by atoms with Crippen LogP contribution in [0.3, 0.4) is 0 Å². The van der Waals surface area contributed by atoms with E-state index in [2.05, 4.69) is 69.4 Å². The highest BCUT2D eigenvalue weighted by atomic mass is 16.6. The number of carbonyl (C=O) groups is 3. The molecule has 0 spiro atoms. The molecule has 6 nitrogen and oxygen atoms in total. The summed E-state index contributed by atoms with van der Waals surface area (Å²) in [6, 6.07) is 0. The fourth-order valence-electron chi connectivity index (χ4n) is 7.56. The van der Waals surface area contributed by atoms with Crippen LogP contribution in [0.2, 0.25) is 0 Å². The van der Waals surface area contributed by atoms with Gasteiger partial charge in [0.2, 0.25) is 0 Å². The molecule has 0 rings (SSSR count). The second-order valence-corrected chi connectivity index (χ2v) is 17.8. The number of ether oxygens (including phenoxy) is 3. The van der Waals surface area contributed by atoms with Crippen LogP contribution in [-0.2, 0) is 28.6 Å². The lowest BCUT2D eigenvalue weighted by Crippen LogP contribution is -2.30. The largest absolute Gasteiger partial charge is 0.462 e. The second kappa shape index (κ2) is 51.0. The van der Waals surface area contributed by atoms with Crippen molar-refractivity contribution in [2.75, 3.05) is 13.2 Å². The van der Waals surface area contributed by atoms with Crippen LogP contribution in [0.4, 0.5) is 0 Å². The SMILES string of the molecule is CCCCCCC\C=C/C=C\C=C/CCCCCCCC(=O)OCC(COC(=O)CCCCCCCCCCCCCC)OC(=O)CCCCC/C=C\CCCCCCCCC. The number of unbranched alkanes of at least 4 members (excludes halogenated alkanes) is 31. The van der Waals surface area contributed by atoms with Gasteiger partial charge in [-0.05, 0) is 70.6 Å². The number of hydrogen-bond acceptors (Lipinski definition) is 6. The Labute approximate surface area is 384 Å². The van der Waals surface area contributed by atoms with Crippen LogP contribution in [0.5, 0.6) is 0 Å². The Morgan fingerprint density at radius 3 is 0.952 bits per heavy atom. The van der Waals surface area contributed by atoms with Crippen molar-refractivity contribution < 1.29 is 28.6 Å². The molecule has 1 atom stereocenters. The summed E-state index contributed by atoms with van der Waals surface area (Å²) in [6.07, 6.45) is 60.9. The first-order valence-electron chi connectivity index (χ1n) is 26.7. The highest BCUT2D eigenvalue weighted by Crippen LogP contribution is 2.15. The van der Waals surface area contributed by atoms with Crippen molar-refractivity contribution in [2.45, 2.75) is 277 Å². The second-order valence-electron chi connectivity index (χ2n) is 17.8. The Morgan fingerprint density at radius 1 is 0.323 bits per heavy atom. The smallest absolute Gasteiger partial charge is 0.306 e. The molecule has 1 unspecified atom stereocenters. The van der Waals surface area contributed by atoms with Gasteiger partial charge in [-0.3, -0.25) is 14.4 Å². The molecule has 0 bridgehead atoms. The Morgan fingerprint density at radius 2 is 0.597 bits per heavy atom. The van der Waals surface area contributed by atoms with Crippen LogP contribution >= 0.6 is 0 Å². The molecule has 62 heavy (non-hydrogen) atoms. The molecule has 0 aliphatic rings. The lowest BCUT2D eigenvalue weighted by atomic mass is 10.0. The molecule has 0 fully saturated rings. The van der Waals surface area contributed by atoms with Crippen molar-refractivity contribution >= 4 is 17.9 Å². The Kier molecular flexibility index (Phi) is 48.8. The average Bonchev–Trinajstić information content (AvgIpc) is 3.27. The summed E-state index contributed by atoms with van der Waals surface area (Å²) in [6.45, 7) is 6.60. The third-order valence-electron chi connectivity index (χ3n) is 11.6. The zero-order chi connectivity index (χ0) is 45.1. The predicted molar refractivity (Wildman–Crippen MR) is 265 cm³/mol. The van der Waals surface area contributed by atoms with E-state index in [-0.39, 0.29) is 31.1 Å². The molecule has 0 saturated carbocycles. The molecule has 0 aliphatic heterocycles. The molecule has 0 amide bonds. The molecule has 0 saturated heterocycles. The van der Waals surface area contributed by atoms with Crippen molar-refractivity contribution in [3.05, 3.63) is 48.6 Å². The molecule has 360 valence electrons. The fraction of sp³-hybridized carbons (Fsp3) is 0.804. The fourth-order valence-corrected chi connectivity index (χ4v) is 7.56. The van der Waals surface area contributed by atoms with Gasteiger partial charge in [0.05, 0.1) is 0 Å². The van der Waals surface area contributed by atoms with Gasteiger partial charge in [0.15, 0.2) is 6.10 Å². The van der Waals surface area contributed by atoms with Gasteiger partial charge >= 0.3 is 17.9 Å². The van der Waals surface area contributed by atoms with E-state index in [1.165, 1.54) is 141 Å². The minimum absolute atomic E-state index is 0.0836. The molecular formula is C56H100O6. The molecule has 0 aromatic carbocycles. The summed E-state index contributed by atoms with van der Waals surface area (Å²) < 4.78 is 16.8. The molecule has 0 aromatic rings. The summed E-state index contributed by atoms with van der Waals surface area (Å²) in [5, 5.41) is 0. The van der Waals surface area contributed by atoms with Crippen molar-refractivity contribution in [1.29, 1.82) is 0 Å². The summed E-state index contributed by atoms with van der Waals surface area (Å²) in [5.74, 6) is -0.912. The van der Waals surface area contributed by atoms with Gasteiger partial charge in [-0.1, -0.05) is 230 Å². The Balaban J connectivity index is 4.41. The van der Waals surface area contributed by atoms with Crippen LogP contribution in [0.25, 0.3) is 0 Å². The van der Waals surface area contributed by atoms with Crippen molar-refractivity contribution in [2.24, 2.45) is 0 Å². The lowest BCUT2D eigenvalue weighted by Gasteiger charge is -2.18. The maximum atomic E-state index is 12.8. The van der Waals surface area contributed by atoms with Crippen molar-refractivity contribution in [3.63, 3.8) is 0 Å². The van der Waals surface area contributed by atoms with E-state index in [4.69, 9.17) is 14.2 Å². The minimum atomic E-state index is -0.786. The van der Waals surface area contributed by atoms with Gasteiger partial charge in [0.1, 0.15) is 13.2 Å². The topological polar surface area (TPSA) is 78.9 Å². The summed E-state index contributed by atoms with van der Waals surface area (Å²) in [7, 11) is 0. The van der Waals surface area contributed by atoms with Gasteiger partial charge < -0.3 is 14.2 Å². The number of rotatable bonds is 48. The van der Waals surface area contributed by atoms with Gasteiger partial charge in [0, 0.05) is 19.3 Å². The number of esters is 3. The lowest BCUT2D eigenvalue weighted by molar-refractivity contribution is -0.167. The molecule has 0 heterocycles. The molecule has 0 aliphatic carbocycles. The van der Waals surface area contributed by atoms with E-state index in [1.54, 1.807) is 0 Å². The minimum Gasteiger partial charge on any atom is -0.462 e. The molecule has 6 heteroatoms. The molecule has 0 aromatic heterocycles. The van der Waals surface area contributed by atoms with Crippen LogP contribution in [0, 0.1) is 0 Å². The van der Waals surface area contributed by atoms with Crippen LogP contribution in [0.1, 0.15) is 271 Å². The van der Waals surface area contributed by atoms with Crippen LogP contribution < -0.4 is 0 Å². The summed E-state index contributed by atoms with van der Waals surface area (Å²) in [5.41, 5.74) is 0. The highest BCUT2D eigenvalue weighted by Gasteiger charge is 2.19. The number of carbonyl (C=O) groups excluding carboxylic acids is 3. The highest BCUT2D eigenvalue weighted by molar-refractivity contribution is 5.71. The van der Waals surface area contributed by atoms with E-state index in [1.807, 2.05) is 0 Å². The normalized spacial score (nSPS) is 12.4. The van der Waals surface area contributed by atoms with Crippen LogP contribution in [-0.4, -0.2) is 37.2 Å². The summed E-state index contributed by atoms with van der Waals surface area (Å²) >= 11 is 0. The number of hydrogen-bond donors (Lipinski definition) is 0. The Hall–Kier alpha value is -2.63. The zero-order valence-corrected chi connectivity index (χ0v) is 41.1. The van der Waals surface area contributed by atoms with Crippen molar-refractivity contribution in [3.8, 4) is 0 Å². The zero-order valence-electron chi connectivity index (χ0n) is 41.1. The van der Waals surface area contributed by atoms with E-state index >= 15 is 0 Å². The third kappa shape index (κ3) is 48.4. The van der Waals surface area contributed by atoms with E-state index in [0.29, 0.717) is 19.3 Å². The molecule has 0 N–H and O–H groups in total. The first-order valence-corrected chi connectivity index (χ1v) is 26.7. The number of allylic oxidation sites excluding steroid dienone is 8.